The molecule has 9 heteroatoms. The number of sulfonamides is 1. The van der Waals surface area contributed by atoms with E-state index in [9.17, 15) is 13.2 Å². The topological polar surface area (TPSA) is 106 Å². The summed E-state index contributed by atoms with van der Waals surface area (Å²) < 4.78 is 23.2. The summed E-state index contributed by atoms with van der Waals surface area (Å²) >= 11 is 0.867. The van der Waals surface area contributed by atoms with Crippen molar-refractivity contribution < 1.29 is 13.2 Å². The van der Waals surface area contributed by atoms with Crippen LogP contribution >= 0.6 is 11.3 Å². The van der Waals surface area contributed by atoms with Crippen molar-refractivity contribution >= 4 is 38.1 Å². The predicted molar refractivity (Wildman–Crippen MR) is 101 cm³/mol. The van der Waals surface area contributed by atoms with E-state index in [1.165, 1.54) is 11.8 Å². The Morgan fingerprint density at radius 1 is 1.15 bits per heavy atom. The molecular weight excluding hydrogens is 372 g/mol. The summed E-state index contributed by atoms with van der Waals surface area (Å²) in [5.74, 6) is -0.287. The molecule has 0 saturated heterocycles. The van der Waals surface area contributed by atoms with Gasteiger partial charge in [0, 0.05) is 18.7 Å². The number of thiazole rings is 1. The van der Waals surface area contributed by atoms with Gasteiger partial charge in [-0.25, -0.2) is 18.5 Å². The Kier molecular flexibility index (Phi) is 4.86. The van der Waals surface area contributed by atoms with E-state index in [0.29, 0.717) is 5.69 Å². The van der Waals surface area contributed by atoms with Gasteiger partial charge in [-0.1, -0.05) is 29.5 Å². The maximum Gasteiger partial charge on any atom is 0.249 e. The average molecular weight is 388 g/mol. The van der Waals surface area contributed by atoms with Gasteiger partial charge in [-0.3, -0.25) is 14.7 Å². The number of pyridine rings is 1. The molecule has 1 amide bonds. The third-order valence-corrected chi connectivity index (χ3v) is 6.29. The van der Waals surface area contributed by atoms with E-state index in [1.807, 2.05) is 30.3 Å². The highest BCUT2D eigenvalue weighted by Gasteiger charge is 2.24. The SMILES string of the molecule is CC(=O)N(c1ccc(-c2ccccn2)cc1)c1nc(C)c(S(N)(=O)=O)s1. The quantitative estimate of drug-likeness (QED) is 0.740. The third-order valence-electron chi connectivity index (χ3n) is 3.59. The van der Waals surface area contributed by atoms with Crippen LogP contribution in [-0.4, -0.2) is 24.3 Å². The molecule has 0 atom stereocenters. The first kappa shape index (κ1) is 18.2. The van der Waals surface area contributed by atoms with Crippen LogP contribution in [0.3, 0.4) is 0 Å². The molecule has 0 aliphatic carbocycles. The molecule has 0 unspecified atom stereocenters. The zero-order valence-corrected chi connectivity index (χ0v) is 15.7. The van der Waals surface area contributed by atoms with Gasteiger partial charge in [0.05, 0.1) is 17.1 Å². The Morgan fingerprint density at radius 2 is 1.85 bits per heavy atom. The monoisotopic (exact) mass is 388 g/mol. The van der Waals surface area contributed by atoms with Gasteiger partial charge in [-0.2, -0.15) is 0 Å². The summed E-state index contributed by atoms with van der Waals surface area (Å²) in [5.41, 5.74) is 2.56. The standard InChI is InChI=1S/C17H16N4O3S2/c1-11-16(26(18,23)24)25-17(20-11)21(12(2)22)14-8-6-13(7-9-14)15-5-3-4-10-19-15/h3-10H,1-2H3,(H2,18,23,24). The lowest BCUT2D eigenvalue weighted by Crippen LogP contribution is -2.22. The summed E-state index contributed by atoms with van der Waals surface area (Å²) in [5, 5.41) is 5.46. The molecule has 0 spiro atoms. The number of nitrogens with two attached hydrogens (primary N) is 1. The van der Waals surface area contributed by atoms with Crippen LogP contribution < -0.4 is 10.0 Å². The molecular formula is C17H16N4O3S2. The number of aromatic nitrogens is 2. The maximum absolute atomic E-state index is 12.2. The lowest BCUT2D eigenvalue weighted by atomic mass is 10.1. The first-order valence-corrected chi connectivity index (χ1v) is 9.96. The number of carbonyl (C=O) groups excluding carboxylic acids is 1. The lowest BCUT2D eigenvalue weighted by molar-refractivity contribution is -0.115. The predicted octanol–water partition coefficient (Wildman–Crippen LogP) is 2.85. The molecule has 1 aromatic carbocycles. The van der Waals surface area contributed by atoms with Crippen molar-refractivity contribution in [2.45, 2.75) is 18.1 Å². The number of anilines is 2. The second-order valence-electron chi connectivity index (χ2n) is 5.53. The summed E-state index contributed by atoms with van der Waals surface area (Å²) in [6.45, 7) is 2.93. The van der Waals surface area contributed by atoms with Crippen LogP contribution in [0.1, 0.15) is 12.6 Å². The van der Waals surface area contributed by atoms with E-state index in [1.54, 1.807) is 25.3 Å². The molecule has 0 aliphatic heterocycles. The number of rotatable bonds is 4. The fourth-order valence-electron chi connectivity index (χ4n) is 2.47. The Balaban J connectivity index is 2.01. The van der Waals surface area contributed by atoms with Crippen molar-refractivity contribution in [3.63, 3.8) is 0 Å². The Hall–Kier alpha value is -2.62. The number of aryl methyl sites for hydroxylation is 1. The normalized spacial score (nSPS) is 11.3. The van der Waals surface area contributed by atoms with E-state index < -0.39 is 10.0 Å². The van der Waals surface area contributed by atoms with Gasteiger partial charge in [0.1, 0.15) is 0 Å². The zero-order chi connectivity index (χ0) is 18.9. The van der Waals surface area contributed by atoms with Crippen molar-refractivity contribution in [2.75, 3.05) is 4.90 Å². The van der Waals surface area contributed by atoms with E-state index in [4.69, 9.17) is 5.14 Å². The molecule has 0 bridgehead atoms. The van der Waals surface area contributed by atoms with Gasteiger partial charge in [0.15, 0.2) is 9.34 Å². The van der Waals surface area contributed by atoms with Gasteiger partial charge < -0.3 is 0 Å². The van der Waals surface area contributed by atoms with Crippen LogP contribution in [0.15, 0.2) is 52.9 Å². The second kappa shape index (κ2) is 6.94. The Labute approximate surface area is 155 Å². The minimum Gasteiger partial charge on any atom is -0.274 e. The van der Waals surface area contributed by atoms with Crippen molar-refractivity contribution in [2.24, 2.45) is 5.14 Å². The maximum atomic E-state index is 12.2. The van der Waals surface area contributed by atoms with Gasteiger partial charge in [-0.05, 0) is 31.2 Å². The van der Waals surface area contributed by atoms with Gasteiger partial charge >= 0.3 is 0 Å². The van der Waals surface area contributed by atoms with Gasteiger partial charge in [0.2, 0.25) is 15.9 Å². The molecule has 2 N–H and O–H groups in total. The highest BCUT2D eigenvalue weighted by Crippen LogP contribution is 2.34. The van der Waals surface area contributed by atoms with Gasteiger partial charge in [0.25, 0.3) is 0 Å². The Morgan fingerprint density at radius 3 is 2.35 bits per heavy atom. The molecule has 7 nitrogen and oxygen atoms in total. The van der Waals surface area contributed by atoms with Crippen LogP contribution in [0, 0.1) is 6.92 Å². The lowest BCUT2D eigenvalue weighted by Gasteiger charge is -2.18. The number of primary sulfonamides is 1. The van der Waals surface area contributed by atoms with Crippen molar-refractivity contribution in [3.8, 4) is 11.3 Å². The van der Waals surface area contributed by atoms with Crippen LogP contribution in [0.4, 0.5) is 10.8 Å². The van der Waals surface area contributed by atoms with Crippen molar-refractivity contribution in [1.82, 2.24) is 9.97 Å². The molecule has 2 aromatic heterocycles. The minimum absolute atomic E-state index is 0.0520. The molecule has 26 heavy (non-hydrogen) atoms. The smallest absolute Gasteiger partial charge is 0.249 e. The zero-order valence-electron chi connectivity index (χ0n) is 14.1. The average Bonchev–Trinajstić information content (AvgIpc) is 2.98. The molecule has 2 heterocycles. The number of amides is 1. The van der Waals surface area contributed by atoms with E-state index in [2.05, 4.69) is 9.97 Å². The first-order chi connectivity index (χ1) is 12.3. The number of nitrogens with zero attached hydrogens (tertiary/aromatic N) is 3. The van der Waals surface area contributed by atoms with Crippen LogP contribution in [0.5, 0.6) is 0 Å². The minimum atomic E-state index is -3.89. The molecule has 3 rings (SSSR count). The van der Waals surface area contributed by atoms with Crippen LogP contribution in [-0.2, 0) is 14.8 Å². The highest BCUT2D eigenvalue weighted by atomic mass is 32.2. The summed E-state index contributed by atoms with van der Waals surface area (Å²) in [4.78, 5) is 22.0. The molecule has 0 radical (unpaired) electrons. The molecule has 0 saturated carbocycles. The fourth-order valence-corrected chi connectivity index (χ4v) is 4.48. The number of carbonyl (C=O) groups is 1. The number of hydrogen-bond acceptors (Lipinski definition) is 6. The van der Waals surface area contributed by atoms with E-state index >= 15 is 0 Å². The molecule has 134 valence electrons. The van der Waals surface area contributed by atoms with Crippen molar-refractivity contribution in [3.05, 3.63) is 54.4 Å². The van der Waals surface area contributed by atoms with Crippen LogP contribution in [0.2, 0.25) is 0 Å². The second-order valence-corrected chi connectivity index (χ2v) is 8.26. The highest BCUT2D eigenvalue weighted by molar-refractivity contribution is 7.91. The molecule has 0 fully saturated rings. The third kappa shape index (κ3) is 3.64. The molecule has 0 aliphatic rings. The fraction of sp³-hybridized carbons (Fsp3) is 0.118. The number of hydrogen-bond donors (Lipinski definition) is 1. The van der Waals surface area contributed by atoms with E-state index in [-0.39, 0.29) is 20.9 Å². The van der Waals surface area contributed by atoms with Gasteiger partial charge in [-0.15, -0.1) is 0 Å². The van der Waals surface area contributed by atoms with Crippen LogP contribution in [0.25, 0.3) is 11.3 Å². The largest absolute Gasteiger partial charge is 0.274 e. The molecule has 3 aromatic rings. The van der Waals surface area contributed by atoms with Crippen molar-refractivity contribution in [1.29, 1.82) is 0 Å². The van der Waals surface area contributed by atoms with E-state index in [0.717, 1.165) is 22.6 Å². The first-order valence-electron chi connectivity index (χ1n) is 7.60. The summed E-state index contributed by atoms with van der Waals surface area (Å²) in [7, 11) is -3.89. The summed E-state index contributed by atoms with van der Waals surface area (Å²) in [6.07, 6.45) is 1.71. The number of benzene rings is 1. The summed E-state index contributed by atoms with van der Waals surface area (Å²) in [6, 6.07) is 12.8. The Bertz CT molecular complexity index is 1050.